The summed E-state index contributed by atoms with van der Waals surface area (Å²) in [6.07, 6.45) is 5.31. The van der Waals surface area contributed by atoms with E-state index in [0.717, 1.165) is 42.8 Å². The van der Waals surface area contributed by atoms with Crippen LogP contribution in [0.15, 0.2) is 28.8 Å². The first-order chi connectivity index (χ1) is 14.1. The summed E-state index contributed by atoms with van der Waals surface area (Å²) in [5, 5.41) is 7.67. The lowest BCUT2D eigenvalue weighted by Crippen LogP contribution is -2.26. The summed E-state index contributed by atoms with van der Waals surface area (Å²) in [4.78, 5) is 23.8. The van der Waals surface area contributed by atoms with Gasteiger partial charge in [0.2, 0.25) is 5.91 Å². The van der Waals surface area contributed by atoms with Crippen molar-refractivity contribution in [3.05, 3.63) is 41.6 Å². The lowest BCUT2D eigenvalue weighted by Gasteiger charge is -2.22. The second-order valence-electron chi connectivity index (χ2n) is 7.37. The van der Waals surface area contributed by atoms with Gasteiger partial charge in [-0.15, -0.1) is 0 Å². The molecule has 0 aliphatic carbocycles. The smallest absolute Gasteiger partial charge is 0.263 e. The molecule has 0 bridgehead atoms. The zero-order chi connectivity index (χ0) is 20.2. The third-order valence-corrected chi connectivity index (χ3v) is 5.14. The van der Waals surface area contributed by atoms with Gasteiger partial charge in [0.05, 0.1) is 5.69 Å². The number of aromatic nitrogens is 3. The Balaban J connectivity index is 1.51. The van der Waals surface area contributed by atoms with Crippen LogP contribution < -0.4 is 10.2 Å². The summed E-state index contributed by atoms with van der Waals surface area (Å²) < 4.78 is 18.4. The van der Waals surface area contributed by atoms with Gasteiger partial charge >= 0.3 is 0 Å². The molecule has 3 heterocycles. The summed E-state index contributed by atoms with van der Waals surface area (Å²) in [6.45, 7) is 3.79. The Morgan fingerprint density at radius 3 is 2.59 bits per heavy atom. The summed E-state index contributed by atoms with van der Waals surface area (Å²) in [5.74, 6) is 0.894. The van der Waals surface area contributed by atoms with E-state index in [-0.39, 0.29) is 18.1 Å². The Bertz CT molecular complexity index is 994. The fourth-order valence-corrected chi connectivity index (χ4v) is 3.62. The Hall–Kier alpha value is -3.03. The minimum absolute atomic E-state index is 0.176. The van der Waals surface area contributed by atoms with Gasteiger partial charge in [0.1, 0.15) is 22.8 Å². The van der Waals surface area contributed by atoms with Crippen LogP contribution in [0.25, 0.3) is 11.1 Å². The highest BCUT2D eigenvalue weighted by atomic mass is 19.1. The number of benzene rings is 1. The highest BCUT2D eigenvalue weighted by Crippen LogP contribution is 2.29. The third-order valence-electron chi connectivity index (χ3n) is 5.14. The van der Waals surface area contributed by atoms with Crippen LogP contribution in [0.4, 0.5) is 15.9 Å². The van der Waals surface area contributed by atoms with Gasteiger partial charge in [0, 0.05) is 31.6 Å². The maximum atomic E-state index is 13.0. The summed E-state index contributed by atoms with van der Waals surface area (Å²) in [5.41, 5.74) is 1.80. The molecule has 152 valence electrons. The molecule has 1 amide bonds. The number of rotatable bonds is 5. The van der Waals surface area contributed by atoms with Crippen LogP contribution in [0.1, 0.15) is 43.6 Å². The second-order valence-corrected chi connectivity index (χ2v) is 7.37. The molecule has 0 unspecified atom stereocenters. The molecule has 0 radical (unpaired) electrons. The Kier molecular flexibility index (Phi) is 5.69. The van der Waals surface area contributed by atoms with E-state index in [1.54, 1.807) is 0 Å². The average molecular weight is 397 g/mol. The lowest BCUT2D eigenvalue weighted by molar-refractivity contribution is -0.116. The van der Waals surface area contributed by atoms with Crippen molar-refractivity contribution < 1.29 is 13.7 Å². The van der Waals surface area contributed by atoms with E-state index in [1.165, 1.54) is 37.1 Å². The van der Waals surface area contributed by atoms with Gasteiger partial charge in [-0.2, -0.15) is 4.98 Å². The van der Waals surface area contributed by atoms with Crippen LogP contribution in [0.5, 0.6) is 0 Å². The zero-order valence-corrected chi connectivity index (χ0v) is 16.4. The predicted molar refractivity (Wildman–Crippen MR) is 108 cm³/mol. The van der Waals surface area contributed by atoms with Crippen LogP contribution >= 0.6 is 0 Å². The minimum Gasteiger partial charge on any atom is -0.356 e. The molecule has 1 N–H and O–H groups in total. The highest BCUT2D eigenvalue weighted by molar-refractivity contribution is 5.91. The van der Waals surface area contributed by atoms with Gasteiger partial charge in [0.25, 0.3) is 5.71 Å². The van der Waals surface area contributed by atoms with E-state index >= 15 is 0 Å². The van der Waals surface area contributed by atoms with Crippen molar-refractivity contribution in [2.45, 2.75) is 45.4 Å². The normalized spacial score (nSPS) is 14.8. The fraction of sp³-hybridized carbons (Fsp3) is 0.429. The van der Waals surface area contributed by atoms with Crippen molar-refractivity contribution in [1.29, 1.82) is 0 Å². The van der Waals surface area contributed by atoms with Gasteiger partial charge in [-0.25, -0.2) is 9.37 Å². The predicted octanol–water partition coefficient (Wildman–Crippen LogP) is 4.02. The van der Waals surface area contributed by atoms with Gasteiger partial charge in [-0.05, 0) is 44.0 Å². The van der Waals surface area contributed by atoms with Crippen LogP contribution in [-0.2, 0) is 11.2 Å². The topological polar surface area (TPSA) is 84.1 Å². The number of hydrogen-bond donors (Lipinski definition) is 1. The van der Waals surface area contributed by atoms with Gasteiger partial charge in [0.15, 0.2) is 0 Å². The van der Waals surface area contributed by atoms with Gasteiger partial charge in [-0.3, -0.25) is 4.79 Å². The number of carbonyl (C=O) groups excluding carboxylic acids is 1. The Labute approximate surface area is 168 Å². The molecule has 1 fully saturated rings. The maximum absolute atomic E-state index is 13.0. The molecule has 29 heavy (non-hydrogen) atoms. The van der Waals surface area contributed by atoms with Crippen LogP contribution in [0.2, 0.25) is 0 Å². The molecule has 1 aliphatic heterocycles. The largest absolute Gasteiger partial charge is 0.356 e. The average Bonchev–Trinajstić information content (AvgIpc) is 2.92. The molecule has 3 aromatic rings. The standard InChI is InChI=1S/C21H24FN5O2/c1-14-19-20(27-12-4-2-3-5-13-27)24-17(25-21(19)29-26-14)10-11-18(28)23-16-8-6-15(22)7-9-16/h6-9H,2-5,10-13H2,1H3,(H,23,28). The van der Waals surface area contributed by atoms with Gasteiger partial charge < -0.3 is 14.7 Å². The quantitative estimate of drug-likeness (QED) is 0.700. The van der Waals surface area contributed by atoms with E-state index in [4.69, 9.17) is 9.51 Å². The van der Waals surface area contributed by atoms with Crippen molar-refractivity contribution in [3.63, 3.8) is 0 Å². The van der Waals surface area contributed by atoms with Gasteiger partial charge in [-0.1, -0.05) is 18.0 Å². The molecule has 0 atom stereocenters. The summed E-state index contributed by atoms with van der Waals surface area (Å²) >= 11 is 0. The molecule has 0 saturated carbocycles. The van der Waals surface area contributed by atoms with E-state index in [9.17, 15) is 9.18 Å². The molecular formula is C21H24FN5O2. The number of aryl methyl sites for hydroxylation is 2. The van der Waals surface area contributed by atoms with E-state index < -0.39 is 0 Å². The van der Waals surface area contributed by atoms with Crippen molar-refractivity contribution >= 4 is 28.5 Å². The molecule has 4 rings (SSSR count). The maximum Gasteiger partial charge on any atom is 0.263 e. The molecule has 1 aliphatic rings. The van der Waals surface area contributed by atoms with Crippen molar-refractivity contribution in [2.24, 2.45) is 0 Å². The second kappa shape index (κ2) is 8.55. The molecule has 2 aromatic heterocycles. The number of fused-ring (bicyclic) bond motifs is 1. The third kappa shape index (κ3) is 4.52. The zero-order valence-electron chi connectivity index (χ0n) is 16.4. The summed E-state index contributed by atoms with van der Waals surface area (Å²) in [7, 11) is 0. The van der Waals surface area contributed by atoms with E-state index in [0.29, 0.717) is 23.6 Å². The molecule has 1 saturated heterocycles. The van der Waals surface area contributed by atoms with Crippen molar-refractivity contribution in [1.82, 2.24) is 15.1 Å². The van der Waals surface area contributed by atoms with E-state index in [1.807, 2.05) is 6.92 Å². The Morgan fingerprint density at radius 2 is 1.86 bits per heavy atom. The Morgan fingerprint density at radius 1 is 1.14 bits per heavy atom. The number of nitrogens with one attached hydrogen (secondary N) is 1. The number of nitrogens with zero attached hydrogens (tertiary/aromatic N) is 4. The first-order valence-electron chi connectivity index (χ1n) is 10.0. The molecule has 7 nitrogen and oxygen atoms in total. The molecule has 0 spiro atoms. The monoisotopic (exact) mass is 397 g/mol. The first kappa shape index (κ1) is 19.3. The van der Waals surface area contributed by atoms with Crippen LogP contribution in [0, 0.1) is 12.7 Å². The highest BCUT2D eigenvalue weighted by Gasteiger charge is 2.21. The van der Waals surface area contributed by atoms with Crippen LogP contribution in [0.3, 0.4) is 0 Å². The first-order valence-corrected chi connectivity index (χ1v) is 10.0. The number of amides is 1. The minimum atomic E-state index is -0.340. The van der Waals surface area contributed by atoms with Crippen molar-refractivity contribution in [2.75, 3.05) is 23.3 Å². The summed E-state index contributed by atoms with van der Waals surface area (Å²) in [6, 6.07) is 5.69. The van der Waals surface area contributed by atoms with E-state index in [2.05, 4.69) is 20.4 Å². The number of carbonyl (C=O) groups is 1. The SMILES string of the molecule is Cc1noc2nc(CCC(=O)Nc3ccc(F)cc3)nc(N3CCCCCC3)c12. The van der Waals surface area contributed by atoms with Crippen LogP contribution in [-0.4, -0.2) is 34.1 Å². The number of halogens is 1. The van der Waals surface area contributed by atoms with Crippen molar-refractivity contribution in [3.8, 4) is 0 Å². The number of anilines is 2. The number of hydrogen-bond acceptors (Lipinski definition) is 6. The lowest BCUT2D eigenvalue weighted by atomic mass is 10.2. The molecule has 8 heteroatoms. The molecular weight excluding hydrogens is 373 g/mol. The fourth-order valence-electron chi connectivity index (χ4n) is 3.62. The molecule has 1 aromatic carbocycles.